The van der Waals surface area contributed by atoms with Crippen molar-refractivity contribution >= 4 is 23.3 Å². The normalized spacial score (nSPS) is 9.08. The standard InChI is InChI=1S/C10H10OS/c1-3-8-6-4-5-7-9(8)10(12)11-2/h3-7H,1H2,2H3. The molecule has 0 saturated heterocycles. The maximum absolute atomic E-state index is 5.01. The summed E-state index contributed by atoms with van der Waals surface area (Å²) in [4.78, 5) is 0. The Balaban J connectivity index is 3.13. The maximum Gasteiger partial charge on any atom is 0.191 e. The fourth-order valence-electron chi connectivity index (χ4n) is 0.971. The summed E-state index contributed by atoms with van der Waals surface area (Å²) < 4.78 is 4.96. The Morgan fingerprint density at radius 2 is 2.17 bits per heavy atom. The van der Waals surface area contributed by atoms with Crippen LogP contribution in [0.4, 0.5) is 0 Å². The van der Waals surface area contributed by atoms with Crippen molar-refractivity contribution in [3.63, 3.8) is 0 Å². The largest absolute Gasteiger partial charge is 0.486 e. The molecule has 0 aliphatic rings. The molecular weight excluding hydrogens is 168 g/mol. The van der Waals surface area contributed by atoms with Crippen LogP contribution in [0.15, 0.2) is 30.8 Å². The van der Waals surface area contributed by atoms with Crippen molar-refractivity contribution in [3.8, 4) is 0 Å². The van der Waals surface area contributed by atoms with Gasteiger partial charge in [0.1, 0.15) is 0 Å². The Labute approximate surface area is 77.7 Å². The zero-order valence-electron chi connectivity index (χ0n) is 6.91. The van der Waals surface area contributed by atoms with Gasteiger partial charge in [-0.05, 0) is 23.8 Å². The highest BCUT2D eigenvalue weighted by Gasteiger charge is 2.03. The molecule has 0 aliphatic carbocycles. The maximum atomic E-state index is 5.01. The summed E-state index contributed by atoms with van der Waals surface area (Å²) in [6.07, 6.45) is 1.76. The zero-order valence-corrected chi connectivity index (χ0v) is 7.73. The van der Waals surface area contributed by atoms with Gasteiger partial charge in [0.25, 0.3) is 0 Å². The van der Waals surface area contributed by atoms with Crippen molar-refractivity contribution in [1.29, 1.82) is 0 Å². The molecule has 1 aromatic carbocycles. The molecule has 0 unspecified atom stereocenters. The van der Waals surface area contributed by atoms with Gasteiger partial charge >= 0.3 is 0 Å². The average Bonchev–Trinajstić information content (AvgIpc) is 2.16. The van der Waals surface area contributed by atoms with Gasteiger partial charge in [-0.3, -0.25) is 0 Å². The van der Waals surface area contributed by atoms with Gasteiger partial charge in [-0.2, -0.15) is 0 Å². The monoisotopic (exact) mass is 178 g/mol. The molecule has 0 atom stereocenters. The molecule has 12 heavy (non-hydrogen) atoms. The van der Waals surface area contributed by atoms with Crippen LogP contribution in [0.25, 0.3) is 6.08 Å². The third-order valence-corrected chi connectivity index (χ3v) is 1.97. The SMILES string of the molecule is C=Cc1ccccc1C(=S)OC. The molecule has 0 saturated carbocycles. The Morgan fingerprint density at radius 3 is 2.75 bits per heavy atom. The second kappa shape index (κ2) is 4.02. The molecular formula is C10H10OS. The third-order valence-electron chi connectivity index (χ3n) is 1.59. The van der Waals surface area contributed by atoms with Crippen molar-refractivity contribution in [1.82, 2.24) is 0 Å². The summed E-state index contributed by atoms with van der Waals surface area (Å²) in [6.45, 7) is 3.69. The first kappa shape index (κ1) is 8.94. The summed E-state index contributed by atoms with van der Waals surface area (Å²) >= 11 is 5.01. The minimum atomic E-state index is 0.505. The molecule has 1 nitrogen and oxygen atoms in total. The van der Waals surface area contributed by atoms with Crippen molar-refractivity contribution in [2.45, 2.75) is 0 Å². The quantitative estimate of drug-likeness (QED) is 0.644. The molecule has 0 amide bonds. The number of thiocarbonyl (C=S) groups is 1. The number of benzene rings is 1. The number of rotatable bonds is 2. The second-order valence-electron chi connectivity index (χ2n) is 2.28. The van der Waals surface area contributed by atoms with Crippen LogP contribution < -0.4 is 0 Å². The highest BCUT2D eigenvalue weighted by atomic mass is 32.1. The highest BCUT2D eigenvalue weighted by molar-refractivity contribution is 7.80. The van der Waals surface area contributed by atoms with E-state index in [-0.39, 0.29) is 0 Å². The first-order chi connectivity index (χ1) is 5.79. The predicted molar refractivity (Wildman–Crippen MR) is 55.2 cm³/mol. The molecule has 0 bridgehead atoms. The lowest BCUT2D eigenvalue weighted by molar-refractivity contribution is 0.416. The minimum Gasteiger partial charge on any atom is -0.486 e. The average molecular weight is 178 g/mol. The Kier molecular flexibility index (Phi) is 3.00. The van der Waals surface area contributed by atoms with Crippen LogP contribution in [0.2, 0.25) is 0 Å². The van der Waals surface area contributed by atoms with Crippen molar-refractivity contribution in [2.24, 2.45) is 0 Å². The molecule has 1 aromatic rings. The molecule has 62 valence electrons. The molecule has 2 heteroatoms. The van der Waals surface area contributed by atoms with Gasteiger partial charge in [-0.15, -0.1) is 0 Å². The van der Waals surface area contributed by atoms with Gasteiger partial charge in [0, 0.05) is 5.56 Å². The number of hydrogen-bond donors (Lipinski definition) is 0. The van der Waals surface area contributed by atoms with Gasteiger partial charge < -0.3 is 4.74 Å². The van der Waals surface area contributed by atoms with E-state index in [1.165, 1.54) is 0 Å². The van der Waals surface area contributed by atoms with E-state index in [1.807, 2.05) is 24.3 Å². The van der Waals surface area contributed by atoms with E-state index in [4.69, 9.17) is 17.0 Å². The molecule has 0 N–H and O–H groups in total. The van der Waals surface area contributed by atoms with Crippen molar-refractivity contribution in [3.05, 3.63) is 42.0 Å². The van der Waals surface area contributed by atoms with Gasteiger partial charge in [-0.25, -0.2) is 0 Å². The van der Waals surface area contributed by atoms with Gasteiger partial charge in [0.2, 0.25) is 0 Å². The fraction of sp³-hybridized carbons (Fsp3) is 0.100. The number of ether oxygens (including phenoxy) is 1. The zero-order chi connectivity index (χ0) is 8.97. The van der Waals surface area contributed by atoms with Crippen LogP contribution in [0, 0.1) is 0 Å². The lowest BCUT2D eigenvalue weighted by atomic mass is 10.1. The number of methoxy groups -OCH3 is 1. The van der Waals surface area contributed by atoms with Crippen LogP contribution in [0.3, 0.4) is 0 Å². The van der Waals surface area contributed by atoms with Crippen LogP contribution >= 0.6 is 12.2 Å². The van der Waals surface area contributed by atoms with Crippen molar-refractivity contribution in [2.75, 3.05) is 7.11 Å². The van der Waals surface area contributed by atoms with Crippen LogP contribution in [0.5, 0.6) is 0 Å². The molecule has 0 radical (unpaired) electrons. The topological polar surface area (TPSA) is 9.23 Å². The van der Waals surface area contributed by atoms with Gasteiger partial charge in [-0.1, -0.05) is 30.9 Å². The Hall–Kier alpha value is -1.15. The molecule has 0 aliphatic heterocycles. The van der Waals surface area contributed by atoms with Gasteiger partial charge in [0.15, 0.2) is 5.05 Å². The van der Waals surface area contributed by atoms with E-state index in [0.717, 1.165) is 11.1 Å². The summed E-state index contributed by atoms with van der Waals surface area (Å²) in [6, 6.07) is 7.74. The molecule has 0 spiro atoms. The van der Waals surface area contributed by atoms with E-state index in [0.29, 0.717) is 5.05 Å². The van der Waals surface area contributed by atoms with E-state index >= 15 is 0 Å². The lowest BCUT2D eigenvalue weighted by Gasteiger charge is -2.04. The summed E-state index contributed by atoms with van der Waals surface area (Å²) in [5.74, 6) is 0. The first-order valence-electron chi connectivity index (χ1n) is 3.59. The Bertz CT molecular complexity index is 304. The second-order valence-corrected chi connectivity index (χ2v) is 2.65. The van der Waals surface area contributed by atoms with Crippen LogP contribution in [0.1, 0.15) is 11.1 Å². The minimum absolute atomic E-state index is 0.505. The highest BCUT2D eigenvalue weighted by Crippen LogP contribution is 2.11. The number of hydrogen-bond acceptors (Lipinski definition) is 2. The van der Waals surface area contributed by atoms with Gasteiger partial charge in [0.05, 0.1) is 7.11 Å². The molecule has 0 heterocycles. The van der Waals surface area contributed by atoms with Crippen molar-refractivity contribution < 1.29 is 4.74 Å². The predicted octanol–water partition coefficient (Wildman–Crippen LogP) is 2.65. The van der Waals surface area contributed by atoms with Crippen LogP contribution in [-0.2, 0) is 4.74 Å². The summed E-state index contributed by atoms with van der Waals surface area (Å²) in [5, 5.41) is 0.505. The van der Waals surface area contributed by atoms with E-state index in [1.54, 1.807) is 13.2 Å². The summed E-state index contributed by atoms with van der Waals surface area (Å²) in [5.41, 5.74) is 1.93. The van der Waals surface area contributed by atoms with E-state index in [2.05, 4.69) is 6.58 Å². The first-order valence-corrected chi connectivity index (χ1v) is 4.00. The molecule has 1 rings (SSSR count). The third kappa shape index (κ3) is 1.71. The van der Waals surface area contributed by atoms with E-state index in [9.17, 15) is 0 Å². The summed E-state index contributed by atoms with van der Waals surface area (Å²) in [7, 11) is 1.57. The lowest BCUT2D eigenvalue weighted by Crippen LogP contribution is -2.01. The van der Waals surface area contributed by atoms with Crippen LogP contribution in [-0.4, -0.2) is 12.2 Å². The Morgan fingerprint density at radius 1 is 1.50 bits per heavy atom. The molecule has 0 fully saturated rings. The molecule has 0 aromatic heterocycles. The van der Waals surface area contributed by atoms with E-state index < -0.39 is 0 Å². The fourth-order valence-corrected chi connectivity index (χ4v) is 1.16. The smallest absolute Gasteiger partial charge is 0.191 e.